The van der Waals surface area contributed by atoms with Crippen molar-refractivity contribution in [2.75, 3.05) is 25.5 Å². The lowest BCUT2D eigenvalue weighted by atomic mass is 9.97. The highest BCUT2D eigenvalue weighted by Crippen LogP contribution is 2.20. The number of nitrogens with zero attached hydrogens (tertiary/aromatic N) is 1. The molecule has 1 N–H and O–H groups in total. The topological polar surface area (TPSA) is 32.3 Å². The fraction of sp³-hybridized carbons (Fsp3) is 0.350. The zero-order valence-electron chi connectivity index (χ0n) is 14.3. The van der Waals surface area contributed by atoms with Crippen LogP contribution in [0.2, 0.25) is 0 Å². The van der Waals surface area contributed by atoms with Crippen molar-refractivity contribution in [2.45, 2.75) is 25.8 Å². The Morgan fingerprint density at radius 3 is 2.26 bits per heavy atom. The molecule has 0 saturated carbocycles. The highest BCUT2D eigenvalue weighted by atomic mass is 16.1. The third-order valence-electron chi connectivity index (χ3n) is 3.94. The first-order valence-corrected chi connectivity index (χ1v) is 8.23. The summed E-state index contributed by atoms with van der Waals surface area (Å²) in [6.45, 7) is 3.00. The van der Waals surface area contributed by atoms with Gasteiger partial charge in [0.05, 0.1) is 6.04 Å². The van der Waals surface area contributed by atoms with Crippen LogP contribution in [0.15, 0.2) is 54.6 Å². The third-order valence-corrected chi connectivity index (χ3v) is 3.94. The van der Waals surface area contributed by atoms with E-state index in [1.54, 1.807) is 0 Å². The molecule has 3 heteroatoms. The molecule has 1 atom stereocenters. The van der Waals surface area contributed by atoms with E-state index in [-0.39, 0.29) is 11.8 Å². The van der Waals surface area contributed by atoms with Gasteiger partial charge in [0.25, 0.3) is 0 Å². The Morgan fingerprint density at radius 2 is 1.70 bits per heavy atom. The predicted octanol–water partition coefficient (Wildman–Crippen LogP) is 4.07. The second kappa shape index (κ2) is 8.49. The summed E-state index contributed by atoms with van der Waals surface area (Å²) in [7, 11) is 3.99. The van der Waals surface area contributed by atoms with Gasteiger partial charge in [-0.3, -0.25) is 4.79 Å². The average molecular weight is 310 g/mol. The first-order chi connectivity index (χ1) is 11.1. The normalized spacial score (nSPS) is 12.0. The van der Waals surface area contributed by atoms with E-state index >= 15 is 0 Å². The number of ketones is 1. The molecule has 2 aromatic carbocycles. The maximum atomic E-state index is 12.9. The first-order valence-electron chi connectivity index (χ1n) is 8.23. The molecule has 122 valence electrons. The second-order valence-corrected chi connectivity index (χ2v) is 5.96. The number of Topliss-reactive ketones (excluding diaryl/α,β-unsaturated/α-hetero) is 1. The van der Waals surface area contributed by atoms with Gasteiger partial charge in [-0.2, -0.15) is 0 Å². The Labute approximate surface area is 139 Å². The van der Waals surface area contributed by atoms with E-state index in [2.05, 4.69) is 12.2 Å². The fourth-order valence-electron chi connectivity index (χ4n) is 2.52. The highest BCUT2D eigenvalue weighted by Gasteiger charge is 2.21. The smallest absolute Gasteiger partial charge is 0.184 e. The molecule has 0 radical (unpaired) electrons. The van der Waals surface area contributed by atoms with Gasteiger partial charge in [-0.1, -0.05) is 43.7 Å². The van der Waals surface area contributed by atoms with E-state index in [0.717, 1.165) is 36.2 Å². The Hall–Kier alpha value is -2.13. The quantitative estimate of drug-likeness (QED) is 0.589. The lowest BCUT2D eigenvalue weighted by molar-refractivity contribution is 0.0943. The number of benzene rings is 2. The van der Waals surface area contributed by atoms with Crippen LogP contribution in [0.1, 0.15) is 41.7 Å². The molecule has 2 aromatic rings. The SMILES string of the molecule is CCCCN[C@@H](C(=O)c1ccc(N(C)C)cc1)c1ccccc1. The van der Waals surface area contributed by atoms with Gasteiger partial charge in [-0.15, -0.1) is 0 Å². The summed E-state index contributed by atoms with van der Waals surface area (Å²) in [4.78, 5) is 15.0. The molecule has 23 heavy (non-hydrogen) atoms. The minimum atomic E-state index is -0.284. The van der Waals surface area contributed by atoms with Crippen molar-refractivity contribution in [3.63, 3.8) is 0 Å². The molecule has 0 fully saturated rings. The summed E-state index contributed by atoms with van der Waals surface area (Å²) in [5.74, 6) is 0.123. The Morgan fingerprint density at radius 1 is 1.04 bits per heavy atom. The molecule has 0 amide bonds. The molecular weight excluding hydrogens is 284 g/mol. The van der Waals surface area contributed by atoms with Gasteiger partial charge in [0.15, 0.2) is 5.78 Å². The number of hydrogen-bond acceptors (Lipinski definition) is 3. The lowest BCUT2D eigenvalue weighted by Gasteiger charge is -2.19. The molecule has 0 bridgehead atoms. The molecule has 0 saturated heterocycles. The van der Waals surface area contributed by atoms with E-state index in [1.165, 1.54) is 0 Å². The van der Waals surface area contributed by atoms with Gasteiger partial charge in [0, 0.05) is 25.3 Å². The Balaban J connectivity index is 2.21. The molecule has 0 aromatic heterocycles. The van der Waals surface area contributed by atoms with Crippen LogP contribution in [0.4, 0.5) is 5.69 Å². The molecule has 0 unspecified atom stereocenters. The highest BCUT2D eigenvalue weighted by molar-refractivity contribution is 6.00. The summed E-state index contributed by atoms with van der Waals surface area (Å²) in [6.07, 6.45) is 2.18. The van der Waals surface area contributed by atoms with E-state index in [9.17, 15) is 4.79 Å². The van der Waals surface area contributed by atoms with Crippen LogP contribution < -0.4 is 10.2 Å². The fourth-order valence-corrected chi connectivity index (χ4v) is 2.52. The number of carbonyl (C=O) groups excluding carboxylic acids is 1. The van der Waals surface area contributed by atoms with Crippen LogP contribution in [0.5, 0.6) is 0 Å². The van der Waals surface area contributed by atoms with Crippen molar-refractivity contribution in [2.24, 2.45) is 0 Å². The van der Waals surface area contributed by atoms with Crippen molar-refractivity contribution in [1.29, 1.82) is 0 Å². The van der Waals surface area contributed by atoms with E-state index in [1.807, 2.05) is 73.6 Å². The van der Waals surface area contributed by atoms with Crippen molar-refractivity contribution >= 4 is 11.5 Å². The van der Waals surface area contributed by atoms with Crippen molar-refractivity contribution in [3.8, 4) is 0 Å². The predicted molar refractivity (Wildman–Crippen MR) is 97.2 cm³/mol. The minimum absolute atomic E-state index is 0.123. The summed E-state index contributed by atoms with van der Waals surface area (Å²) >= 11 is 0. The standard InChI is InChI=1S/C20H26N2O/c1-4-5-15-21-19(16-9-7-6-8-10-16)20(23)17-11-13-18(14-12-17)22(2)3/h6-14,19,21H,4-5,15H2,1-3H3/t19-/m1/s1. The summed E-state index contributed by atoms with van der Waals surface area (Å²) in [5, 5.41) is 3.41. The number of rotatable bonds is 8. The largest absolute Gasteiger partial charge is 0.378 e. The van der Waals surface area contributed by atoms with E-state index in [0.29, 0.717) is 0 Å². The number of hydrogen-bond donors (Lipinski definition) is 1. The molecule has 0 spiro atoms. The second-order valence-electron chi connectivity index (χ2n) is 5.96. The van der Waals surface area contributed by atoms with Crippen LogP contribution >= 0.6 is 0 Å². The van der Waals surface area contributed by atoms with Gasteiger partial charge < -0.3 is 10.2 Å². The number of nitrogens with one attached hydrogen (secondary N) is 1. The van der Waals surface area contributed by atoms with Gasteiger partial charge >= 0.3 is 0 Å². The Kier molecular flexibility index (Phi) is 6.36. The summed E-state index contributed by atoms with van der Waals surface area (Å²) in [5.41, 5.74) is 2.86. The van der Waals surface area contributed by atoms with Crippen LogP contribution in [0.25, 0.3) is 0 Å². The van der Waals surface area contributed by atoms with Crippen LogP contribution in [0, 0.1) is 0 Å². The maximum Gasteiger partial charge on any atom is 0.184 e. The molecule has 0 aliphatic carbocycles. The van der Waals surface area contributed by atoms with Crippen LogP contribution in [0.3, 0.4) is 0 Å². The number of carbonyl (C=O) groups is 1. The maximum absolute atomic E-state index is 12.9. The van der Waals surface area contributed by atoms with E-state index in [4.69, 9.17) is 0 Å². The van der Waals surface area contributed by atoms with Gasteiger partial charge in [-0.25, -0.2) is 0 Å². The zero-order chi connectivity index (χ0) is 16.7. The van der Waals surface area contributed by atoms with Crippen molar-refractivity contribution in [3.05, 3.63) is 65.7 Å². The van der Waals surface area contributed by atoms with Crippen molar-refractivity contribution in [1.82, 2.24) is 5.32 Å². The molecular formula is C20H26N2O. The number of anilines is 1. The average Bonchev–Trinajstić information content (AvgIpc) is 2.59. The van der Waals surface area contributed by atoms with Gasteiger partial charge in [-0.05, 0) is 42.8 Å². The third kappa shape index (κ3) is 4.67. The first kappa shape index (κ1) is 17.2. The van der Waals surface area contributed by atoms with Gasteiger partial charge in [0.2, 0.25) is 0 Å². The summed E-state index contributed by atoms with van der Waals surface area (Å²) in [6, 6.07) is 17.5. The minimum Gasteiger partial charge on any atom is -0.378 e. The molecule has 0 aliphatic heterocycles. The molecule has 2 rings (SSSR count). The van der Waals surface area contributed by atoms with Crippen LogP contribution in [-0.4, -0.2) is 26.4 Å². The van der Waals surface area contributed by atoms with Crippen LogP contribution in [-0.2, 0) is 0 Å². The number of unbranched alkanes of at least 4 members (excludes halogenated alkanes) is 1. The molecule has 0 aliphatic rings. The summed E-state index contributed by atoms with van der Waals surface area (Å²) < 4.78 is 0. The zero-order valence-corrected chi connectivity index (χ0v) is 14.3. The molecule has 3 nitrogen and oxygen atoms in total. The molecule has 0 heterocycles. The van der Waals surface area contributed by atoms with E-state index < -0.39 is 0 Å². The Bertz CT molecular complexity index is 605. The van der Waals surface area contributed by atoms with Gasteiger partial charge in [0.1, 0.15) is 0 Å². The monoisotopic (exact) mass is 310 g/mol. The lowest BCUT2D eigenvalue weighted by Crippen LogP contribution is -2.29. The van der Waals surface area contributed by atoms with Crippen molar-refractivity contribution < 1.29 is 4.79 Å².